The molecule has 1 aliphatic rings. The summed E-state index contributed by atoms with van der Waals surface area (Å²) in [6, 6.07) is 15.8. The lowest BCUT2D eigenvalue weighted by Gasteiger charge is -2.38. The van der Waals surface area contributed by atoms with Gasteiger partial charge in [0.05, 0.1) is 0 Å². The van der Waals surface area contributed by atoms with Crippen LogP contribution in [0.15, 0.2) is 48.5 Å². The fourth-order valence-corrected chi connectivity index (χ4v) is 3.50. The Morgan fingerprint density at radius 1 is 0.958 bits per heavy atom. The standard InChI is InChI=1S/C21H27FN2/c1-21(2,3)17-6-4-15(5-7-17)16-12-19(23)14-24(13-16)20-10-8-18(22)9-11-20/h4-11,16,19H,12-14,23H2,1-3H3. The minimum atomic E-state index is -0.200. The van der Waals surface area contributed by atoms with Crippen LogP contribution in [0.4, 0.5) is 10.1 Å². The highest BCUT2D eigenvalue weighted by atomic mass is 19.1. The molecule has 24 heavy (non-hydrogen) atoms. The quantitative estimate of drug-likeness (QED) is 0.884. The minimum absolute atomic E-state index is 0.135. The third kappa shape index (κ3) is 3.78. The number of hydrogen-bond donors (Lipinski definition) is 1. The van der Waals surface area contributed by atoms with Crippen LogP contribution in [0.25, 0.3) is 0 Å². The molecule has 0 aromatic heterocycles. The molecule has 0 amide bonds. The zero-order valence-electron chi connectivity index (χ0n) is 14.8. The molecule has 0 spiro atoms. The van der Waals surface area contributed by atoms with E-state index in [1.165, 1.54) is 23.3 Å². The van der Waals surface area contributed by atoms with Gasteiger partial charge in [0, 0.05) is 30.7 Å². The molecule has 2 aromatic rings. The summed E-state index contributed by atoms with van der Waals surface area (Å²) in [6.07, 6.45) is 0.993. The van der Waals surface area contributed by atoms with Crippen molar-refractivity contribution in [3.63, 3.8) is 0 Å². The average Bonchev–Trinajstić information content (AvgIpc) is 2.54. The van der Waals surface area contributed by atoms with Crippen molar-refractivity contribution in [3.05, 3.63) is 65.5 Å². The van der Waals surface area contributed by atoms with E-state index in [0.29, 0.717) is 5.92 Å². The Kier molecular flexibility index (Phi) is 4.64. The van der Waals surface area contributed by atoms with E-state index in [2.05, 4.69) is 49.9 Å². The molecule has 2 unspecified atom stereocenters. The molecule has 0 aliphatic carbocycles. The van der Waals surface area contributed by atoms with Crippen LogP contribution in [0.2, 0.25) is 0 Å². The highest BCUT2D eigenvalue weighted by Crippen LogP contribution is 2.31. The Bertz CT molecular complexity index is 670. The fraction of sp³-hybridized carbons (Fsp3) is 0.429. The maximum Gasteiger partial charge on any atom is 0.123 e. The summed E-state index contributed by atoms with van der Waals surface area (Å²) in [4.78, 5) is 2.27. The second-order valence-electron chi connectivity index (χ2n) is 7.95. The lowest BCUT2D eigenvalue weighted by atomic mass is 9.83. The summed E-state index contributed by atoms with van der Waals surface area (Å²) < 4.78 is 13.2. The molecule has 2 atom stereocenters. The summed E-state index contributed by atoms with van der Waals surface area (Å²) in [5.41, 5.74) is 10.2. The smallest absolute Gasteiger partial charge is 0.123 e. The van der Waals surface area contributed by atoms with Gasteiger partial charge in [-0.25, -0.2) is 4.39 Å². The van der Waals surface area contributed by atoms with Gasteiger partial charge in [0.1, 0.15) is 5.82 Å². The van der Waals surface area contributed by atoms with Gasteiger partial charge in [-0.05, 0) is 47.2 Å². The van der Waals surface area contributed by atoms with Gasteiger partial charge in [-0.1, -0.05) is 45.0 Å². The first kappa shape index (κ1) is 17.0. The van der Waals surface area contributed by atoms with Crippen LogP contribution >= 0.6 is 0 Å². The number of hydrogen-bond acceptors (Lipinski definition) is 2. The Morgan fingerprint density at radius 3 is 2.17 bits per heavy atom. The van der Waals surface area contributed by atoms with E-state index >= 15 is 0 Å². The Labute approximate surface area is 144 Å². The minimum Gasteiger partial charge on any atom is -0.369 e. The maximum absolute atomic E-state index is 13.2. The van der Waals surface area contributed by atoms with Crippen LogP contribution in [0.5, 0.6) is 0 Å². The third-order valence-electron chi connectivity index (χ3n) is 4.92. The van der Waals surface area contributed by atoms with Crippen LogP contribution in [-0.2, 0) is 5.41 Å². The summed E-state index contributed by atoms with van der Waals surface area (Å²) in [7, 11) is 0. The zero-order chi connectivity index (χ0) is 17.3. The molecule has 1 heterocycles. The summed E-state index contributed by atoms with van der Waals surface area (Å²) in [5, 5.41) is 0. The first-order valence-electron chi connectivity index (χ1n) is 8.69. The van der Waals surface area contributed by atoms with Gasteiger partial charge in [0.15, 0.2) is 0 Å². The van der Waals surface area contributed by atoms with Crippen molar-refractivity contribution < 1.29 is 4.39 Å². The molecule has 2 aromatic carbocycles. The van der Waals surface area contributed by atoms with E-state index < -0.39 is 0 Å². The largest absolute Gasteiger partial charge is 0.369 e. The molecule has 1 saturated heterocycles. The number of anilines is 1. The second-order valence-corrected chi connectivity index (χ2v) is 7.95. The third-order valence-corrected chi connectivity index (χ3v) is 4.92. The van der Waals surface area contributed by atoms with E-state index in [0.717, 1.165) is 25.2 Å². The van der Waals surface area contributed by atoms with Gasteiger partial charge in [-0.3, -0.25) is 0 Å². The highest BCUT2D eigenvalue weighted by molar-refractivity contribution is 5.48. The first-order valence-corrected chi connectivity index (χ1v) is 8.69. The summed E-state index contributed by atoms with van der Waals surface area (Å²) >= 11 is 0. The van der Waals surface area contributed by atoms with Gasteiger partial charge in [0.2, 0.25) is 0 Å². The Morgan fingerprint density at radius 2 is 1.58 bits per heavy atom. The van der Waals surface area contributed by atoms with Crippen LogP contribution in [0.3, 0.4) is 0 Å². The van der Waals surface area contributed by atoms with Gasteiger partial charge >= 0.3 is 0 Å². The van der Waals surface area contributed by atoms with Crippen molar-refractivity contribution >= 4 is 5.69 Å². The van der Waals surface area contributed by atoms with Crippen molar-refractivity contribution in [2.75, 3.05) is 18.0 Å². The predicted octanol–water partition coefficient (Wildman–Crippen LogP) is 4.44. The maximum atomic E-state index is 13.2. The number of piperidine rings is 1. The van der Waals surface area contributed by atoms with Crippen molar-refractivity contribution in [1.82, 2.24) is 0 Å². The Balaban J connectivity index is 1.79. The van der Waals surface area contributed by atoms with Gasteiger partial charge in [-0.2, -0.15) is 0 Å². The van der Waals surface area contributed by atoms with Crippen molar-refractivity contribution in [2.45, 2.75) is 44.6 Å². The number of benzene rings is 2. The molecule has 2 nitrogen and oxygen atoms in total. The highest BCUT2D eigenvalue weighted by Gasteiger charge is 2.26. The number of rotatable bonds is 2. The number of nitrogens with zero attached hydrogens (tertiary/aromatic N) is 1. The monoisotopic (exact) mass is 326 g/mol. The van der Waals surface area contributed by atoms with Crippen molar-refractivity contribution in [2.24, 2.45) is 5.73 Å². The first-order chi connectivity index (χ1) is 11.3. The Hall–Kier alpha value is -1.87. The molecule has 3 heteroatoms. The van der Waals surface area contributed by atoms with Crippen molar-refractivity contribution in [3.8, 4) is 0 Å². The SMILES string of the molecule is CC(C)(C)c1ccc(C2CC(N)CN(c3ccc(F)cc3)C2)cc1. The molecule has 2 N–H and O–H groups in total. The van der Waals surface area contributed by atoms with E-state index in [1.54, 1.807) is 0 Å². The topological polar surface area (TPSA) is 29.3 Å². The molecule has 1 aliphatic heterocycles. The predicted molar refractivity (Wildman–Crippen MR) is 99.1 cm³/mol. The second kappa shape index (κ2) is 6.56. The molecular formula is C21H27FN2. The number of nitrogens with two attached hydrogens (primary N) is 1. The van der Waals surface area contributed by atoms with Crippen LogP contribution < -0.4 is 10.6 Å². The molecule has 3 rings (SSSR count). The van der Waals surface area contributed by atoms with E-state index in [-0.39, 0.29) is 17.3 Å². The van der Waals surface area contributed by atoms with Crippen LogP contribution in [0.1, 0.15) is 44.2 Å². The lowest BCUT2D eigenvalue weighted by molar-refractivity contribution is 0.453. The summed E-state index contributed by atoms with van der Waals surface area (Å²) in [5.74, 6) is 0.210. The number of halogens is 1. The van der Waals surface area contributed by atoms with Gasteiger partial charge < -0.3 is 10.6 Å². The van der Waals surface area contributed by atoms with Gasteiger partial charge in [0.25, 0.3) is 0 Å². The van der Waals surface area contributed by atoms with Crippen LogP contribution in [0, 0.1) is 5.82 Å². The van der Waals surface area contributed by atoms with E-state index in [1.807, 2.05) is 12.1 Å². The zero-order valence-corrected chi connectivity index (χ0v) is 14.8. The molecule has 0 radical (unpaired) electrons. The van der Waals surface area contributed by atoms with E-state index in [9.17, 15) is 4.39 Å². The fourth-order valence-electron chi connectivity index (χ4n) is 3.50. The molecule has 1 fully saturated rings. The molecular weight excluding hydrogens is 299 g/mol. The normalized spacial score (nSPS) is 21.8. The molecule has 0 saturated carbocycles. The lowest BCUT2D eigenvalue weighted by Crippen LogP contribution is -2.46. The van der Waals surface area contributed by atoms with Crippen molar-refractivity contribution in [1.29, 1.82) is 0 Å². The molecule has 128 valence electrons. The summed E-state index contributed by atoms with van der Waals surface area (Å²) in [6.45, 7) is 8.44. The van der Waals surface area contributed by atoms with E-state index in [4.69, 9.17) is 5.73 Å². The average molecular weight is 326 g/mol. The van der Waals surface area contributed by atoms with Crippen LogP contribution in [-0.4, -0.2) is 19.1 Å². The molecule has 0 bridgehead atoms. The van der Waals surface area contributed by atoms with Gasteiger partial charge in [-0.15, -0.1) is 0 Å².